The second-order valence-electron chi connectivity index (χ2n) is 4.74. The van der Waals surface area contributed by atoms with Gasteiger partial charge in [-0.15, -0.1) is 11.5 Å². The summed E-state index contributed by atoms with van der Waals surface area (Å²) in [5.74, 6) is 2.36. The molecule has 0 saturated heterocycles. The molecular weight excluding hydrogens is 264 g/mol. The van der Waals surface area contributed by atoms with Gasteiger partial charge >= 0.3 is 0 Å². The third-order valence-electron chi connectivity index (χ3n) is 3.55. The van der Waals surface area contributed by atoms with Gasteiger partial charge in [0, 0.05) is 0 Å². The summed E-state index contributed by atoms with van der Waals surface area (Å²) in [7, 11) is 0. The minimum Gasteiger partial charge on any atom is -0.334 e. The van der Waals surface area contributed by atoms with Crippen LogP contribution < -0.4 is 5.32 Å². The maximum atomic E-state index is 12.3. The first-order valence-electron chi connectivity index (χ1n) is 6.92. The highest BCUT2D eigenvalue weighted by molar-refractivity contribution is 5.92. The highest BCUT2D eigenvalue weighted by atomic mass is 16.2. The van der Waals surface area contributed by atoms with Gasteiger partial charge in [0.2, 0.25) is 0 Å². The Bertz CT molecular complexity index is 650. The standard InChI is InChI=1S/C16H18N4O/c1-4-16(5-2,6-3)18-15(21)14-12-17-20(19-14)13-10-8-7-9-11-13/h1,7-12H,5-6H2,2-3H3,(H,18,21). The van der Waals surface area contributed by atoms with Crippen LogP contribution in [0.25, 0.3) is 5.69 Å². The molecule has 0 aliphatic rings. The number of terminal acetylenes is 1. The summed E-state index contributed by atoms with van der Waals surface area (Å²) in [5.41, 5.74) is 0.416. The molecule has 0 fully saturated rings. The summed E-state index contributed by atoms with van der Waals surface area (Å²) in [6, 6.07) is 9.41. The van der Waals surface area contributed by atoms with Gasteiger partial charge < -0.3 is 5.32 Å². The van der Waals surface area contributed by atoms with Crippen LogP contribution in [0.3, 0.4) is 0 Å². The fraction of sp³-hybridized carbons (Fsp3) is 0.312. The molecule has 2 aromatic rings. The van der Waals surface area contributed by atoms with E-state index in [-0.39, 0.29) is 11.6 Å². The third-order valence-corrected chi connectivity index (χ3v) is 3.55. The van der Waals surface area contributed by atoms with E-state index in [9.17, 15) is 4.79 Å². The number of hydrogen-bond donors (Lipinski definition) is 1. The minimum absolute atomic E-state index is 0.250. The molecule has 5 nitrogen and oxygen atoms in total. The van der Waals surface area contributed by atoms with Crippen molar-refractivity contribution in [3.05, 3.63) is 42.2 Å². The van der Waals surface area contributed by atoms with Gasteiger partial charge in [-0.2, -0.15) is 9.90 Å². The van der Waals surface area contributed by atoms with Crippen molar-refractivity contribution in [3.63, 3.8) is 0 Å². The van der Waals surface area contributed by atoms with E-state index in [1.807, 2.05) is 44.2 Å². The van der Waals surface area contributed by atoms with Crippen LogP contribution in [0.1, 0.15) is 37.2 Å². The molecule has 0 unspecified atom stereocenters. The molecule has 21 heavy (non-hydrogen) atoms. The van der Waals surface area contributed by atoms with Gasteiger partial charge in [-0.3, -0.25) is 4.79 Å². The molecule has 1 N–H and O–H groups in total. The number of benzene rings is 1. The third kappa shape index (κ3) is 3.11. The molecule has 0 radical (unpaired) electrons. The Morgan fingerprint density at radius 3 is 2.57 bits per heavy atom. The Morgan fingerprint density at radius 1 is 1.33 bits per heavy atom. The molecule has 108 valence electrons. The van der Waals surface area contributed by atoms with Crippen LogP contribution in [0.4, 0.5) is 0 Å². The van der Waals surface area contributed by atoms with Gasteiger partial charge in [0.1, 0.15) is 5.54 Å². The minimum atomic E-state index is -0.631. The van der Waals surface area contributed by atoms with E-state index < -0.39 is 5.54 Å². The number of para-hydroxylation sites is 1. The molecule has 1 heterocycles. The van der Waals surface area contributed by atoms with Crippen molar-refractivity contribution in [1.82, 2.24) is 20.3 Å². The maximum Gasteiger partial charge on any atom is 0.274 e. The topological polar surface area (TPSA) is 59.8 Å². The quantitative estimate of drug-likeness (QED) is 0.855. The molecule has 0 spiro atoms. The zero-order valence-electron chi connectivity index (χ0n) is 12.2. The Hall–Kier alpha value is -2.61. The van der Waals surface area contributed by atoms with Gasteiger partial charge in [0.05, 0.1) is 11.9 Å². The van der Waals surface area contributed by atoms with E-state index in [1.54, 1.807) is 0 Å². The molecule has 5 heteroatoms. The van der Waals surface area contributed by atoms with Gasteiger partial charge in [-0.25, -0.2) is 0 Å². The van der Waals surface area contributed by atoms with E-state index in [4.69, 9.17) is 6.42 Å². The lowest BCUT2D eigenvalue weighted by Gasteiger charge is -2.26. The second kappa shape index (κ2) is 6.23. The fourth-order valence-corrected chi connectivity index (χ4v) is 2.00. The lowest BCUT2D eigenvalue weighted by molar-refractivity contribution is 0.0911. The molecule has 0 atom stereocenters. The second-order valence-corrected chi connectivity index (χ2v) is 4.74. The molecule has 0 saturated carbocycles. The molecule has 1 aromatic heterocycles. The largest absolute Gasteiger partial charge is 0.334 e. The summed E-state index contributed by atoms with van der Waals surface area (Å²) in [5, 5.41) is 11.2. The monoisotopic (exact) mass is 282 g/mol. The van der Waals surface area contributed by atoms with E-state index in [1.165, 1.54) is 11.0 Å². The summed E-state index contributed by atoms with van der Waals surface area (Å²) >= 11 is 0. The summed E-state index contributed by atoms with van der Waals surface area (Å²) in [6.07, 6.45) is 8.32. The number of carbonyl (C=O) groups excluding carboxylic acids is 1. The van der Waals surface area contributed by atoms with Crippen LogP contribution in [-0.4, -0.2) is 26.4 Å². The lowest BCUT2D eigenvalue weighted by atomic mass is 9.94. The maximum absolute atomic E-state index is 12.3. The van der Waals surface area contributed by atoms with Crippen molar-refractivity contribution in [2.75, 3.05) is 0 Å². The van der Waals surface area contributed by atoms with Crippen molar-refractivity contribution in [2.24, 2.45) is 0 Å². The Kier molecular flexibility index (Phi) is 4.39. The van der Waals surface area contributed by atoms with Crippen molar-refractivity contribution in [2.45, 2.75) is 32.2 Å². The van der Waals surface area contributed by atoms with Crippen molar-refractivity contribution < 1.29 is 4.79 Å². The number of carbonyl (C=O) groups is 1. The first-order valence-corrected chi connectivity index (χ1v) is 6.92. The predicted molar refractivity (Wildman–Crippen MR) is 81.0 cm³/mol. The first-order chi connectivity index (χ1) is 10.1. The van der Waals surface area contributed by atoms with Crippen LogP contribution in [0.5, 0.6) is 0 Å². The number of amides is 1. The average molecular weight is 282 g/mol. The van der Waals surface area contributed by atoms with E-state index in [0.29, 0.717) is 12.8 Å². The van der Waals surface area contributed by atoms with Gasteiger partial charge in [-0.05, 0) is 25.0 Å². The number of nitrogens with zero attached hydrogens (tertiary/aromatic N) is 3. The summed E-state index contributed by atoms with van der Waals surface area (Å²) < 4.78 is 0. The van der Waals surface area contributed by atoms with Crippen LogP contribution in [-0.2, 0) is 0 Å². The number of rotatable bonds is 5. The van der Waals surface area contributed by atoms with E-state index >= 15 is 0 Å². The van der Waals surface area contributed by atoms with Crippen LogP contribution >= 0.6 is 0 Å². The highest BCUT2D eigenvalue weighted by Crippen LogP contribution is 2.14. The van der Waals surface area contributed by atoms with Crippen LogP contribution in [0.15, 0.2) is 36.5 Å². The molecule has 1 aromatic carbocycles. The molecule has 1 amide bonds. The first kappa shape index (κ1) is 14.8. The Labute approximate surface area is 124 Å². The molecule has 0 aliphatic heterocycles. The normalized spacial score (nSPS) is 10.9. The zero-order valence-corrected chi connectivity index (χ0v) is 12.2. The van der Waals surface area contributed by atoms with Crippen molar-refractivity contribution in [3.8, 4) is 18.0 Å². The lowest BCUT2D eigenvalue weighted by Crippen LogP contribution is -2.46. The van der Waals surface area contributed by atoms with Crippen molar-refractivity contribution >= 4 is 5.91 Å². The fourth-order valence-electron chi connectivity index (χ4n) is 2.00. The van der Waals surface area contributed by atoms with Crippen LogP contribution in [0, 0.1) is 12.3 Å². The van der Waals surface area contributed by atoms with E-state index in [0.717, 1.165) is 5.69 Å². The molecular formula is C16H18N4O. The van der Waals surface area contributed by atoms with Gasteiger partial charge in [0.15, 0.2) is 5.69 Å². The number of nitrogens with one attached hydrogen (secondary N) is 1. The molecule has 0 aliphatic carbocycles. The predicted octanol–water partition coefficient (Wildman–Crippen LogP) is 2.19. The zero-order chi connectivity index (χ0) is 15.3. The highest BCUT2D eigenvalue weighted by Gasteiger charge is 2.27. The van der Waals surface area contributed by atoms with Crippen molar-refractivity contribution in [1.29, 1.82) is 0 Å². The Balaban J connectivity index is 2.19. The van der Waals surface area contributed by atoms with Crippen LogP contribution in [0.2, 0.25) is 0 Å². The number of hydrogen-bond acceptors (Lipinski definition) is 3. The molecule has 0 bridgehead atoms. The smallest absolute Gasteiger partial charge is 0.274 e. The summed E-state index contributed by atoms with van der Waals surface area (Å²) in [4.78, 5) is 13.7. The molecule has 2 rings (SSSR count). The van der Waals surface area contributed by atoms with Gasteiger partial charge in [-0.1, -0.05) is 38.0 Å². The van der Waals surface area contributed by atoms with Gasteiger partial charge in [0.25, 0.3) is 5.91 Å². The average Bonchev–Trinajstić information content (AvgIpc) is 3.04. The van der Waals surface area contributed by atoms with E-state index in [2.05, 4.69) is 21.4 Å². The number of aromatic nitrogens is 3. The summed E-state index contributed by atoms with van der Waals surface area (Å²) in [6.45, 7) is 3.90. The Morgan fingerprint density at radius 2 is 2.00 bits per heavy atom. The SMILES string of the molecule is C#CC(CC)(CC)NC(=O)c1cnn(-c2ccccc2)n1.